The molecule has 0 aliphatic heterocycles. The third kappa shape index (κ3) is 1.92. The second kappa shape index (κ2) is 4.42. The van der Waals surface area contributed by atoms with Crippen molar-refractivity contribution in [3.05, 3.63) is 47.4 Å². The Labute approximate surface area is 102 Å². The van der Waals surface area contributed by atoms with Gasteiger partial charge < -0.3 is 0 Å². The molecule has 16 heavy (non-hydrogen) atoms. The minimum atomic E-state index is 0.193. The molecular formula is C15H18S. The second-order valence-electron chi connectivity index (χ2n) is 4.42. The minimum Gasteiger partial charge on any atom is -0.139 e. The summed E-state index contributed by atoms with van der Waals surface area (Å²) < 4.78 is 1.39. The normalized spacial score (nSPS) is 15.7. The quantitative estimate of drug-likeness (QED) is 0.640. The Balaban J connectivity index is 2.53. The van der Waals surface area contributed by atoms with Gasteiger partial charge in [-0.15, -0.1) is 11.3 Å². The van der Waals surface area contributed by atoms with E-state index in [0.29, 0.717) is 0 Å². The molecule has 0 saturated heterocycles. The molecular weight excluding hydrogens is 212 g/mol. The summed E-state index contributed by atoms with van der Waals surface area (Å²) in [6.45, 7) is 6.67. The predicted octanol–water partition coefficient (Wildman–Crippen LogP) is 5.15. The Bertz CT molecular complexity index is 474. The summed E-state index contributed by atoms with van der Waals surface area (Å²) in [4.78, 5) is 1.47. The maximum absolute atomic E-state index is 2.34. The fourth-order valence-electron chi connectivity index (χ4n) is 2.01. The Morgan fingerprint density at radius 1 is 1.31 bits per heavy atom. The van der Waals surface area contributed by atoms with E-state index in [-0.39, 0.29) is 5.41 Å². The SMILES string of the molecule is C/C=C/[C@](C)(CC)c1cc2ccccc2s1. The lowest BCUT2D eigenvalue weighted by molar-refractivity contribution is 0.584. The van der Waals surface area contributed by atoms with Gasteiger partial charge in [0.15, 0.2) is 0 Å². The lowest BCUT2D eigenvalue weighted by atomic mass is 9.85. The van der Waals surface area contributed by atoms with Gasteiger partial charge in [-0.2, -0.15) is 0 Å². The first-order chi connectivity index (χ1) is 7.69. The Kier molecular flexibility index (Phi) is 3.15. The van der Waals surface area contributed by atoms with Gasteiger partial charge in [0.05, 0.1) is 0 Å². The van der Waals surface area contributed by atoms with E-state index >= 15 is 0 Å². The third-order valence-corrected chi connectivity index (χ3v) is 4.65. The van der Waals surface area contributed by atoms with E-state index < -0.39 is 0 Å². The molecule has 1 aromatic carbocycles. The molecule has 0 fully saturated rings. The van der Waals surface area contributed by atoms with Gasteiger partial charge in [0.25, 0.3) is 0 Å². The van der Waals surface area contributed by atoms with Crippen molar-refractivity contribution in [1.82, 2.24) is 0 Å². The van der Waals surface area contributed by atoms with Gasteiger partial charge in [0, 0.05) is 15.0 Å². The summed E-state index contributed by atoms with van der Waals surface area (Å²) in [5.41, 5.74) is 0.193. The minimum absolute atomic E-state index is 0.193. The number of hydrogen-bond acceptors (Lipinski definition) is 1. The van der Waals surface area contributed by atoms with Gasteiger partial charge in [-0.05, 0) is 30.9 Å². The first-order valence-electron chi connectivity index (χ1n) is 5.82. The van der Waals surface area contributed by atoms with Crippen LogP contribution >= 0.6 is 11.3 Å². The Morgan fingerprint density at radius 2 is 2.06 bits per heavy atom. The van der Waals surface area contributed by atoms with Crippen molar-refractivity contribution in [3.63, 3.8) is 0 Å². The van der Waals surface area contributed by atoms with E-state index in [9.17, 15) is 0 Å². The van der Waals surface area contributed by atoms with Crippen molar-refractivity contribution in [2.24, 2.45) is 0 Å². The predicted molar refractivity (Wildman–Crippen MR) is 74.3 cm³/mol. The topological polar surface area (TPSA) is 0 Å². The first kappa shape index (κ1) is 11.4. The molecule has 1 heteroatoms. The number of thiophene rings is 1. The van der Waals surface area contributed by atoms with Crippen molar-refractivity contribution >= 4 is 21.4 Å². The molecule has 1 heterocycles. The molecule has 2 aromatic rings. The van der Waals surface area contributed by atoms with Crippen LogP contribution in [0.5, 0.6) is 0 Å². The molecule has 0 spiro atoms. The molecule has 1 atom stereocenters. The lowest BCUT2D eigenvalue weighted by Crippen LogP contribution is -2.15. The van der Waals surface area contributed by atoms with Crippen molar-refractivity contribution in [2.75, 3.05) is 0 Å². The van der Waals surface area contributed by atoms with Crippen LogP contribution in [0.4, 0.5) is 0 Å². The van der Waals surface area contributed by atoms with E-state index in [2.05, 4.69) is 63.3 Å². The van der Waals surface area contributed by atoms with Crippen LogP contribution in [-0.2, 0) is 5.41 Å². The summed E-state index contributed by atoms with van der Waals surface area (Å²) in [5, 5.41) is 1.37. The molecule has 0 amide bonds. The summed E-state index contributed by atoms with van der Waals surface area (Å²) >= 11 is 1.92. The average Bonchev–Trinajstić information content (AvgIpc) is 2.73. The van der Waals surface area contributed by atoms with Crippen LogP contribution in [-0.4, -0.2) is 0 Å². The lowest BCUT2D eigenvalue weighted by Gasteiger charge is -2.22. The van der Waals surface area contributed by atoms with Crippen molar-refractivity contribution in [1.29, 1.82) is 0 Å². The molecule has 0 bridgehead atoms. The van der Waals surface area contributed by atoms with E-state index in [1.54, 1.807) is 0 Å². The standard InChI is InChI=1S/C15H18S/c1-4-10-15(3,5-2)14-11-12-8-6-7-9-13(12)16-14/h4,6-11H,5H2,1-3H3/b10-4+/t15-/m0/s1. The van der Waals surface area contributed by atoms with Gasteiger partial charge in [-0.25, -0.2) is 0 Å². The van der Waals surface area contributed by atoms with E-state index in [1.807, 2.05) is 11.3 Å². The average molecular weight is 230 g/mol. The molecule has 0 aliphatic carbocycles. The first-order valence-corrected chi connectivity index (χ1v) is 6.64. The zero-order valence-electron chi connectivity index (χ0n) is 10.2. The highest BCUT2D eigenvalue weighted by Gasteiger charge is 2.23. The number of rotatable bonds is 3. The van der Waals surface area contributed by atoms with Gasteiger partial charge in [-0.3, -0.25) is 0 Å². The number of benzene rings is 1. The zero-order chi connectivity index (χ0) is 11.6. The fourth-order valence-corrected chi connectivity index (χ4v) is 3.27. The van der Waals surface area contributed by atoms with Crippen molar-refractivity contribution < 1.29 is 0 Å². The van der Waals surface area contributed by atoms with Crippen LogP contribution in [0.1, 0.15) is 32.1 Å². The fraction of sp³-hybridized carbons (Fsp3) is 0.333. The molecule has 2 rings (SSSR count). The van der Waals surface area contributed by atoms with Crippen LogP contribution in [0.2, 0.25) is 0 Å². The molecule has 0 N–H and O–H groups in total. The van der Waals surface area contributed by atoms with E-state index in [1.165, 1.54) is 15.0 Å². The highest BCUT2D eigenvalue weighted by molar-refractivity contribution is 7.19. The zero-order valence-corrected chi connectivity index (χ0v) is 11.0. The molecule has 0 unspecified atom stereocenters. The summed E-state index contributed by atoms with van der Waals surface area (Å²) in [5.74, 6) is 0. The van der Waals surface area contributed by atoms with Gasteiger partial charge in [0.2, 0.25) is 0 Å². The number of fused-ring (bicyclic) bond motifs is 1. The second-order valence-corrected chi connectivity index (χ2v) is 5.50. The van der Waals surface area contributed by atoms with E-state index in [0.717, 1.165) is 6.42 Å². The maximum atomic E-state index is 2.34. The highest BCUT2D eigenvalue weighted by Crippen LogP contribution is 2.37. The number of allylic oxidation sites excluding steroid dienone is 2. The van der Waals surface area contributed by atoms with Crippen LogP contribution in [0.3, 0.4) is 0 Å². The Morgan fingerprint density at radius 3 is 2.69 bits per heavy atom. The number of hydrogen-bond donors (Lipinski definition) is 0. The van der Waals surface area contributed by atoms with E-state index in [4.69, 9.17) is 0 Å². The molecule has 84 valence electrons. The van der Waals surface area contributed by atoms with Gasteiger partial charge >= 0.3 is 0 Å². The van der Waals surface area contributed by atoms with Gasteiger partial charge in [-0.1, -0.05) is 44.2 Å². The van der Waals surface area contributed by atoms with Crippen LogP contribution in [0, 0.1) is 0 Å². The summed E-state index contributed by atoms with van der Waals surface area (Å²) in [7, 11) is 0. The molecule has 0 aliphatic rings. The molecule has 0 nitrogen and oxygen atoms in total. The largest absolute Gasteiger partial charge is 0.139 e. The maximum Gasteiger partial charge on any atom is 0.0345 e. The summed E-state index contributed by atoms with van der Waals surface area (Å²) in [6.07, 6.45) is 5.62. The molecule has 0 saturated carbocycles. The van der Waals surface area contributed by atoms with Crippen molar-refractivity contribution in [2.45, 2.75) is 32.6 Å². The van der Waals surface area contributed by atoms with Crippen molar-refractivity contribution in [3.8, 4) is 0 Å². The third-order valence-electron chi connectivity index (χ3n) is 3.26. The summed E-state index contributed by atoms with van der Waals surface area (Å²) in [6, 6.07) is 11.0. The smallest absolute Gasteiger partial charge is 0.0345 e. The van der Waals surface area contributed by atoms with Crippen LogP contribution < -0.4 is 0 Å². The van der Waals surface area contributed by atoms with Crippen LogP contribution in [0.25, 0.3) is 10.1 Å². The Hall–Kier alpha value is -1.08. The molecule has 1 aromatic heterocycles. The molecule has 0 radical (unpaired) electrons. The monoisotopic (exact) mass is 230 g/mol. The van der Waals surface area contributed by atoms with Gasteiger partial charge in [0.1, 0.15) is 0 Å². The highest BCUT2D eigenvalue weighted by atomic mass is 32.1. The van der Waals surface area contributed by atoms with Crippen LogP contribution in [0.15, 0.2) is 42.5 Å².